The lowest BCUT2D eigenvalue weighted by Crippen LogP contribution is -1.96. The van der Waals surface area contributed by atoms with Gasteiger partial charge in [0, 0.05) is 22.0 Å². The predicted octanol–water partition coefficient (Wildman–Crippen LogP) is 2.96. The zero-order valence-corrected chi connectivity index (χ0v) is 8.89. The Balaban J connectivity index is 2.79. The monoisotopic (exact) mass is 239 g/mol. The van der Waals surface area contributed by atoms with Gasteiger partial charge in [-0.05, 0) is 25.1 Å². The highest BCUT2D eigenvalue weighted by Gasteiger charge is 2.08. The van der Waals surface area contributed by atoms with E-state index in [-0.39, 0.29) is 0 Å². The first-order valence-corrected chi connectivity index (χ1v) is 4.89. The van der Waals surface area contributed by atoms with Gasteiger partial charge in [-0.2, -0.15) is 0 Å². The van der Waals surface area contributed by atoms with Crippen LogP contribution in [0.15, 0.2) is 27.1 Å². The molecule has 0 bridgehead atoms. The fraction of sp³-hybridized carbons (Fsp3) is 0.200. The summed E-state index contributed by atoms with van der Waals surface area (Å²) in [6.07, 6.45) is 0. The van der Waals surface area contributed by atoms with Crippen LogP contribution in [0.25, 0.3) is 11.0 Å². The van der Waals surface area contributed by atoms with Crippen molar-refractivity contribution >= 4 is 26.9 Å². The lowest BCUT2D eigenvalue weighted by Gasteiger charge is -1.92. The molecule has 2 rings (SSSR count). The normalized spacial score (nSPS) is 11.0. The molecule has 2 N–H and O–H groups in total. The predicted molar refractivity (Wildman–Crippen MR) is 56.5 cm³/mol. The van der Waals surface area contributed by atoms with Gasteiger partial charge in [0.25, 0.3) is 0 Å². The van der Waals surface area contributed by atoms with Gasteiger partial charge in [0.2, 0.25) is 0 Å². The van der Waals surface area contributed by atoms with Crippen molar-refractivity contribution in [3.63, 3.8) is 0 Å². The molecule has 1 heterocycles. The number of rotatable bonds is 1. The maximum Gasteiger partial charge on any atom is 0.135 e. The number of halogens is 1. The Kier molecular flexibility index (Phi) is 2.14. The SMILES string of the molecule is Cc1oc2cc(Br)ccc2c1CN. The molecule has 0 radical (unpaired) electrons. The molecule has 0 unspecified atom stereocenters. The smallest absolute Gasteiger partial charge is 0.135 e. The lowest BCUT2D eigenvalue weighted by molar-refractivity contribution is 0.572. The van der Waals surface area contributed by atoms with Crippen LogP contribution in [0.5, 0.6) is 0 Å². The summed E-state index contributed by atoms with van der Waals surface area (Å²) in [5.74, 6) is 0.913. The maximum atomic E-state index is 5.63. The standard InChI is InChI=1S/C10H10BrNO/c1-6-9(5-12)8-3-2-7(11)4-10(8)13-6/h2-4H,5,12H2,1H3. The first-order valence-electron chi connectivity index (χ1n) is 4.10. The highest BCUT2D eigenvalue weighted by Crippen LogP contribution is 2.27. The fourth-order valence-corrected chi connectivity index (χ4v) is 1.84. The van der Waals surface area contributed by atoms with Gasteiger partial charge < -0.3 is 10.2 Å². The van der Waals surface area contributed by atoms with Crippen LogP contribution in [0.2, 0.25) is 0 Å². The molecule has 0 amide bonds. The molecule has 68 valence electrons. The van der Waals surface area contributed by atoms with Crippen molar-refractivity contribution in [1.29, 1.82) is 0 Å². The number of nitrogens with two attached hydrogens (primary N) is 1. The number of furan rings is 1. The average molecular weight is 240 g/mol. The third-order valence-electron chi connectivity index (χ3n) is 2.16. The van der Waals surface area contributed by atoms with Crippen LogP contribution in [-0.4, -0.2) is 0 Å². The van der Waals surface area contributed by atoms with Crippen LogP contribution in [0.4, 0.5) is 0 Å². The van der Waals surface area contributed by atoms with E-state index in [2.05, 4.69) is 15.9 Å². The Morgan fingerprint density at radius 1 is 1.46 bits per heavy atom. The zero-order valence-electron chi connectivity index (χ0n) is 7.30. The molecule has 0 saturated carbocycles. The van der Waals surface area contributed by atoms with Crippen molar-refractivity contribution in [2.75, 3.05) is 0 Å². The number of benzene rings is 1. The van der Waals surface area contributed by atoms with Crippen LogP contribution in [0, 0.1) is 6.92 Å². The van der Waals surface area contributed by atoms with E-state index in [9.17, 15) is 0 Å². The van der Waals surface area contributed by atoms with E-state index < -0.39 is 0 Å². The molecule has 0 saturated heterocycles. The van der Waals surface area contributed by atoms with Crippen LogP contribution in [0.3, 0.4) is 0 Å². The van der Waals surface area contributed by atoms with Crippen molar-refractivity contribution < 1.29 is 4.42 Å². The van der Waals surface area contributed by atoms with Crippen LogP contribution >= 0.6 is 15.9 Å². The van der Waals surface area contributed by atoms with Crippen molar-refractivity contribution in [3.05, 3.63) is 34.0 Å². The summed E-state index contributed by atoms with van der Waals surface area (Å²) >= 11 is 3.40. The quantitative estimate of drug-likeness (QED) is 0.832. The minimum atomic E-state index is 0.528. The lowest BCUT2D eigenvalue weighted by atomic mass is 10.1. The van der Waals surface area contributed by atoms with Crippen molar-refractivity contribution in [1.82, 2.24) is 0 Å². The summed E-state index contributed by atoms with van der Waals surface area (Å²) in [5.41, 5.74) is 7.62. The number of aryl methyl sites for hydroxylation is 1. The van der Waals surface area contributed by atoms with Gasteiger partial charge >= 0.3 is 0 Å². The van der Waals surface area contributed by atoms with E-state index >= 15 is 0 Å². The van der Waals surface area contributed by atoms with Crippen molar-refractivity contribution in [2.45, 2.75) is 13.5 Å². The van der Waals surface area contributed by atoms with E-state index in [4.69, 9.17) is 10.2 Å². The molecule has 13 heavy (non-hydrogen) atoms. The Hall–Kier alpha value is -0.800. The minimum absolute atomic E-state index is 0.528. The molecule has 0 fully saturated rings. The van der Waals surface area contributed by atoms with Gasteiger partial charge in [-0.15, -0.1) is 0 Å². The third kappa shape index (κ3) is 1.38. The third-order valence-corrected chi connectivity index (χ3v) is 2.65. The van der Waals surface area contributed by atoms with Gasteiger partial charge in [0.05, 0.1) is 0 Å². The Morgan fingerprint density at radius 2 is 2.23 bits per heavy atom. The van der Waals surface area contributed by atoms with Gasteiger partial charge in [-0.3, -0.25) is 0 Å². The van der Waals surface area contributed by atoms with E-state index in [1.807, 2.05) is 25.1 Å². The highest BCUT2D eigenvalue weighted by atomic mass is 79.9. The molecule has 0 aliphatic heterocycles. The second kappa shape index (κ2) is 3.16. The molecule has 3 heteroatoms. The van der Waals surface area contributed by atoms with Crippen LogP contribution in [-0.2, 0) is 6.54 Å². The molecular weight excluding hydrogens is 230 g/mol. The molecule has 1 aromatic carbocycles. The first kappa shape index (κ1) is 8.78. The second-order valence-corrected chi connectivity index (χ2v) is 3.90. The van der Waals surface area contributed by atoms with Crippen molar-refractivity contribution in [3.8, 4) is 0 Å². The summed E-state index contributed by atoms with van der Waals surface area (Å²) in [5, 5.41) is 1.11. The Morgan fingerprint density at radius 3 is 2.92 bits per heavy atom. The molecule has 0 atom stereocenters. The molecule has 2 nitrogen and oxygen atoms in total. The Bertz CT molecular complexity index is 447. The van der Waals surface area contributed by atoms with Gasteiger partial charge in [-0.25, -0.2) is 0 Å². The minimum Gasteiger partial charge on any atom is -0.461 e. The number of hydrogen-bond donors (Lipinski definition) is 1. The molecule has 1 aromatic heterocycles. The molecule has 2 aromatic rings. The maximum absolute atomic E-state index is 5.63. The highest BCUT2D eigenvalue weighted by molar-refractivity contribution is 9.10. The summed E-state index contributed by atoms with van der Waals surface area (Å²) in [6, 6.07) is 5.98. The van der Waals surface area contributed by atoms with E-state index in [0.29, 0.717) is 6.54 Å². The fourth-order valence-electron chi connectivity index (χ4n) is 1.50. The summed E-state index contributed by atoms with van der Waals surface area (Å²) in [7, 11) is 0. The van der Waals surface area contributed by atoms with Crippen molar-refractivity contribution in [2.24, 2.45) is 5.73 Å². The molecule has 0 spiro atoms. The second-order valence-electron chi connectivity index (χ2n) is 2.98. The topological polar surface area (TPSA) is 39.2 Å². The number of hydrogen-bond acceptors (Lipinski definition) is 2. The molecular formula is C10H10BrNO. The molecule has 0 aliphatic rings. The summed E-state index contributed by atoms with van der Waals surface area (Å²) in [4.78, 5) is 0. The molecule has 0 aliphatic carbocycles. The number of fused-ring (bicyclic) bond motifs is 1. The zero-order chi connectivity index (χ0) is 9.42. The Labute approximate surface area is 84.8 Å². The van der Waals surface area contributed by atoms with Gasteiger partial charge in [-0.1, -0.05) is 15.9 Å². The summed E-state index contributed by atoms with van der Waals surface area (Å²) in [6.45, 7) is 2.47. The van der Waals surface area contributed by atoms with Gasteiger partial charge in [0.15, 0.2) is 0 Å². The largest absolute Gasteiger partial charge is 0.461 e. The van der Waals surface area contributed by atoms with Crippen LogP contribution in [0.1, 0.15) is 11.3 Å². The van der Waals surface area contributed by atoms with E-state index in [1.165, 1.54) is 0 Å². The summed E-state index contributed by atoms with van der Waals surface area (Å²) < 4.78 is 6.59. The van der Waals surface area contributed by atoms with E-state index in [0.717, 1.165) is 26.8 Å². The van der Waals surface area contributed by atoms with Gasteiger partial charge in [0.1, 0.15) is 11.3 Å². The van der Waals surface area contributed by atoms with Crippen LogP contribution < -0.4 is 5.73 Å². The first-order chi connectivity index (χ1) is 6.22. The van der Waals surface area contributed by atoms with E-state index in [1.54, 1.807) is 0 Å². The average Bonchev–Trinajstić information content (AvgIpc) is 2.39.